The Hall–Kier alpha value is -3.08. The van der Waals surface area contributed by atoms with Crippen LogP contribution in [0.25, 0.3) is 0 Å². The fourth-order valence-electron chi connectivity index (χ4n) is 4.79. The molecule has 42 heavy (non-hydrogen) atoms. The molecule has 1 aliphatic rings. The molecule has 0 spiro atoms. The first kappa shape index (κ1) is 31.8. The van der Waals surface area contributed by atoms with Crippen LogP contribution in [0.5, 0.6) is 0 Å². The summed E-state index contributed by atoms with van der Waals surface area (Å²) in [7, 11) is 3.28. The fourth-order valence-corrected chi connectivity index (χ4v) is 5.09. The van der Waals surface area contributed by atoms with Crippen molar-refractivity contribution in [1.82, 2.24) is 9.80 Å². The minimum Gasteiger partial charge on any atom is -0.341 e. The van der Waals surface area contributed by atoms with E-state index in [1.54, 1.807) is 18.2 Å². The minimum atomic E-state index is -5.06. The molecule has 0 saturated carbocycles. The summed E-state index contributed by atoms with van der Waals surface area (Å²) in [6.45, 7) is 1.31. The van der Waals surface area contributed by atoms with E-state index in [9.17, 15) is 31.1 Å². The van der Waals surface area contributed by atoms with Crippen molar-refractivity contribution in [1.29, 1.82) is 0 Å². The molecule has 0 N–H and O–H groups in total. The smallest absolute Gasteiger partial charge is 0.341 e. The van der Waals surface area contributed by atoms with Crippen molar-refractivity contribution in [2.24, 2.45) is 4.99 Å². The number of fused-ring (bicyclic) bond motifs is 1. The first-order valence-corrected chi connectivity index (χ1v) is 13.7. The highest BCUT2D eigenvalue weighted by atomic mass is 35.5. The van der Waals surface area contributed by atoms with E-state index < -0.39 is 35.0 Å². The lowest BCUT2D eigenvalue weighted by Gasteiger charge is -2.28. The molecule has 0 aromatic heterocycles. The Balaban J connectivity index is 1.49. The minimum absolute atomic E-state index is 0.00109. The van der Waals surface area contributed by atoms with Gasteiger partial charge < -0.3 is 9.80 Å². The molecule has 0 aliphatic carbocycles. The van der Waals surface area contributed by atoms with Crippen LogP contribution in [0.15, 0.2) is 65.7 Å². The van der Waals surface area contributed by atoms with Gasteiger partial charge in [-0.25, -0.2) is 0 Å². The van der Waals surface area contributed by atoms with Gasteiger partial charge in [-0.05, 0) is 62.0 Å². The average molecular weight is 630 g/mol. The van der Waals surface area contributed by atoms with E-state index >= 15 is 0 Å². The second kappa shape index (κ2) is 12.7. The number of aliphatic imine (C=N–C) groups is 1. The zero-order chi connectivity index (χ0) is 30.8. The third kappa shape index (κ3) is 7.65. The molecular weight excluding hydrogens is 603 g/mol. The summed E-state index contributed by atoms with van der Waals surface area (Å²) in [6.07, 6.45) is -8.86. The van der Waals surface area contributed by atoms with Crippen LogP contribution in [0.1, 0.15) is 51.4 Å². The summed E-state index contributed by atoms with van der Waals surface area (Å²) < 4.78 is 80.2. The van der Waals surface area contributed by atoms with Gasteiger partial charge in [0, 0.05) is 43.6 Å². The van der Waals surface area contributed by atoms with Crippen LogP contribution in [0.3, 0.4) is 0 Å². The highest BCUT2D eigenvalue weighted by Gasteiger charge is 2.38. The maximum absolute atomic E-state index is 13.4. The Morgan fingerprint density at radius 3 is 2.10 bits per heavy atom. The van der Waals surface area contributed by atoms with Gasteiger partial charge in [0.1, 0.15) is 0 Å². The summed E-state index contributed by atoms with van der Waals surface area (Å²) >= 11 is 12.3. The number of halogens is 8. The molecule has 3 aromatic carbocycles. The quantitative estimate of drug-likeness (QED) is 0.210. The molecule has 12 heteroatoms. The second-order valence-electron chi connectivity index (χ2n) is 10.3. The standard InChI is InChI=1S/C30H27Cl2F6N3O/c1-40(12-10-27-23-5-3-4-6-26(23)39-27)11-9-19(18-7-8-24(31)25(32)15-18)17-41(2)28(42)20-13-21(29(33,34)35)16-22(14-20)30(36,37)38/h3-8,13-16,19H,9-12,17H2,1-2H3. The van der Waals surface area contributed by atoms with Crippen molar-refractivity contribution in [3.8, 4) is 0 Å². The lowest BCUT2D eigenvalue weighted by molar-refractivity contribution is -0.143. The molecule has 4 rings (SSSR count). The molecule has 4 nitrogen and oxygen atoms in total. The van der Waals surface area contributed by atoms with Crippen LogP contribution in [-0.2, 0) is 12.4 Å². The fraction of sp³-hybridized carbons (Fsp3) is 0.333. The molecule has 1 heterocycles. The molecule has 0 fully saturated rings. The number of hydrogen-bond donors (Lipinski definition) is 0. The van der Waals surface area contributed by atoms with Crippen molar-refractivity contribution in [2.45, 2.75) is 31.1 Å². The van der Waals surface area contributed by atoms with Crippen LogP contribution >= 0.6 is 23.2 Å². The molecular formula is C30H27Cl2F6N3O. The number of nitrogens with zero attached hydrogens (tertiary/aromatic N) is 3. The van der Waals surface area contributed by atoms with Crippen molar-refractivity contribution in [3.63, 3.8) is 0 Å². The zero-order valence-electron chi connectivity index (χ0n) is 22.7. The first-order valence-electron chi connectivity index (χ1n) is 13.0. The third-order valence-electron chi connectivity index (χ3n) is 7.15. The van der Waals surface area contributed by atoms with Gasteiger partial charge in [-0.2, -0.15) is 26.3 Å². The largest absolute Gasteiger partial charge is 0.416 e. The third-order valence-corrected chi connectivity index (χ3v) is 7.89. The van der Waals surface area contributed by atoms with Crippen LogP contribution in [0.2, 0.25) is 10.0 Å². The molecule has 1 atom stereocenters. The number of carbonyl (C=O) groups excluding carboxylic acids is 1. The Morgan fingerprint density at radius 1 is 0.857 bits per heavy atom. The summed E-state index contributed by atoms with van der Waals surface area (Å²) in [5.41, 5.74) is 0.0450. The summed E-state index contributed by atoms with van der Waals surface area (Å²) in [6, 6.07) is 13.7. The highest BCUT2D eigenvalue weighted by molar-refractivity contribution is 6.42. The van der Waals surface area contributed by atoms with Crippen molar-refractivity contribution in [3.05, 3.63) is 98.5 Å². The summed E-state index contributed by atoms with van der Waals surface area (Å²) in [5.74, 6) is -1.31. The van der Waals surface area contributed by atoms with Crippen LogP contribution in [-0.4, -0.2) is 55.1 Å². The van der Waals surface area contributed by atoms with Gasteiger partial charge in [0.05, 0.1) is 32.6 Å². The zero-order valence-corrected chi connectivity index (χ0v) is 24.2. The molecule has 1 amide bonds. The van der Waals surface area contributed by atoms with Gasteiger partial charge in [-0.1, -0.05) is 47.5 Å². The number of rotatable bonds is 10. The van der Waals surface area contributed by atoms with E-state index in [1.807, 2.05) is 31.3 Å². The van der Waals surface area contributed by atoms with E-state index in [2.05, 4.69) is 9.89 Å². The maximum Gasteiger partial charge on any atom is 0.416 e. The van der Waals surface area contributed by atoms with Crippen molar-refractivity contribution in [2.75, 3.05) is 33.7 Å². The van der Waals surface area contributed by atoms with Gasteiger partial charge in [-0.15, -0.1) is 0 Å². The SMILES string of the molecule is CN(CCC1=Nc2ccccc21)CCC(CN(C)C(=O)c1cc(C(F)(F)F)cc(C(F)(F)F)c1)c1ccc(Cl)c(Cl)c1. The van der Waals surface area contributed by atoms with Crippen LogP contribution < -0.4 is 0 Å². The average Bonchev–Trinajstić information content (AvgIpc) is 2.91. The van der Waals surface area contributed by atoms with E-state index in [0.29, 0.717) is 36.7 Å². The highest BCUT2D eigenvalue weighted by Crippen LogP contribution is 2.37. The molecule has 0 saturated heterocycles. The van der Waals surface area contributed by atoms with Gasteiger partial charge in [-0.3, -0.25) is 9.79 Å². The van der Waals surface area contributed by atoms with Crippen molar-refractivity contribution >= 4 is 40.5 Å². The molecule has 1 aliphatic heterocycles. The number of hydrogen-bond acceptors (Lipinski definition) is 3. The topological polar surface area (TPSA) is 35.9 Å². The van der Waals surface area contributed by atoms with Gasteiger partial charge >= 0.3 is 12.4 Å². The predicted molar refractivity (Wildman–Crippen MR) is 152 cm³/mol. The first-order chi connectivity index (χ1) is 19.6. The van der Waals surface area contributed by atoms with Crippen LogP contribution in [0, 0.1) is 0 Å². The van der Waals surface area contributed by atoms with E-state index in [-0.39, 0.29) is 23.6 Å². The maximum atomic E-state index is 13.4. The number of likely N-dealkylation sites (N-methyl/N-ethyl adjacent to an activating group) is 1. The Kier molecular flexibility index (Phi) is 9.59. The van der Waals surface area contributed by atoms with Crippen LogP contribution in [0.4, 0.5) is 32.0 Å². The number of carbonyl (C=O) groups is 1. The van der Waals surface area contributed by atoms with Gasteiger partial charge in [0.15, 0.2) is 0 Å². The van der Waals surface area contributed by atoms with Gasteiger partial charge in [0.25, 0.3) is 5.91 Å². The molecule has 3 aromatic rings. The predicted octanol–water partition coefficient (Wildman–Crippen LogP) is 8.73. The molecule has 0 bridgehead atoms. The van der Waals surface area contributed by atoms with E-state index in [0.717, 1.165) is 33.8 Å². The number of benzene rings is 3. The second-order valence-corrected chi connectivity index (χ2v) is 11.1. The lowest BCUT2D eigenvalue weighted by atomic mass is 9.94. The van der Waals surface area contributed by atoms with Gasteiger partial charge in [0.2, 0.25) is 0 Å². The lowest BCUT2D eigenvalue weighted by Crippen LogP contribution is -2.33. The summed E-state index contributed by atoms with van der Waals surface area (Å²) in [4.78, 5) is 20.9. The van der Waals surface area contributed by atoms with Crippen molar-refractivity contribution < 1.29 is 31.1 Å². The Morgan fingerprint density at radius 2 is 1.50 bits per heavy atom. The normalized spacial score (nSPS) is 13.8. The Bertz CT molecular complexity index is 1460. The molecule has 0 radical (unpaired) electrons. The summed E-state index contributed by atoms with van der Waals surface area (Å²) in [5, 5.41) is 0.613. The molecule has 224 valence electrons. The number of para-hydroxylation sites is 1. The molecule has 1 unspecified atom stereocenters. The number of alkyl halides is 6. The van der Waals surface area contributed by atoms with E-state index in [4.69, 9.17) is 23.2 Å². The number of amides is 1. The van der Waals surface area contributed by atoms with E-state index in [1.165, 1.54) is 7.05 Å². The monoisotopic (exact) mass is 629 g/mol. The Labute approximate surface area is 249 Å².